The maximum absolute atomic E-state index is 12.3. The van der Waals surface area contributed by atoms with Crippen molar-refractivity contribution in [2.45, 2.75) is 64.0 Å². The highest BCUT2D eigenvalue weighted by atomic mass is 16.4. The van der Waals surface area contributed by atoms with E-state index >= 15 is 0 Å². The summed E-state index contributed by atoms with van der Waals surface area (Å²) in [7, 11) is 0. The summed E-state index contributed by atoms with van der Waals surface area (Å²) in [5, 5.41) is 12.2. The van der Waals surface area contributed by atoms with E-state index < -0.39 is 12.0 Å². The molecule has 5 nitrogen and oxygen atoms in total. The van der Waals surface area contributed by atoms with Gasteiger partial charge in [-0.1, -0.05) is 19.8 Å². The van der Waals surface area contributed by atoms with E-state index in [9.17, 15) is 14.7 Å². The number of nitrogens with zero attached hydrogens (tertiary/aromatic N) is 1. The maximum Gasteiger partial charge on any atom is 0.326 e. The summed E-state index contributed by atoms with van der Waals surface area (Å²) in [4.78, 5) is 25.0. The summed E-state index contributed by atoms with van der Waals surface area (Å²) < 4.78 is 0. The Morgan fingerprint density at radius 3 is 2.47 bits per heavy atom. The molecule has 2 fully saturated rings. The molecule has 0 bridgehead atoms. The molecule has 0 aromatic heterocycles. The quantitative estimate of drug-likeness (QED) is 0.806. The third-order valence-corrected chi connectivity index (χ3v) is 4.47. The summed E-state index contributed by atoms with van der Waals surface area (Å²) in [5.41, 5.74) is 0. The van der Waals surface area contributed by atoms with Gasteiger partial charge in [-0.3, -0.25) is 0 Å². The standard InChI is InChI=1S/C14H24N2O3/c1-10-6-2-3-7-11(10)15-14(19)16-9-5-4-8-12(16)13(17)18/h10-12H,2-9H2,1H3,(H,15,19)(H,17,18). The van der Waals surface area contributed by atoms with E-state index in [1.165, 1.54) is 11.3 Å². The number of rotatable bonds is 2. The van der Waals surface area contributed by atoms with E-state index in [2.05, 4.69) is 12.2 Å². The molecular formula is C14H24N2O3. The van der Waals surface area contributed by atoms with E-state index in [-0.39, 0.29) is 12.1 Å². The normalized spacial score (nSPS) is 31.8. The Balaban J connectivity index is 1.95. The van der Waals surface area contributed by atoms with Gasteiger partial charge in [-0.15, -0.1) is 0 Å². The second-order valence-electron chi connectivity index (χ2n) is 5.86. The predicted molar refractivity (Wildman–Crippen MR) is 71.9 cm³/mol. The summed E-state index contributed by atoms with van der Waals surface area (Å²) >= 11 is 0. The molecule has 0 aromatic carbocycles. The molecule has 0 radical (unpaired) electrons. The van der Waals surface area contributed by atoms with Crippen LogP contribution in [-0.2, 0) is 4.79 Å². The van der Waals surface area contributed by atoms with E-state index in [0.717, 1.165) is 32.1 Å². The number of amides is 2. The highest BCUT2D eigenvalue weighted by molar-refractivity contribution is 5.83. The molecule has 0 aromatic rings. The Morgan fingerprint density at radius 1 is 1.11 bits per heavy atom. The minimum atomic E-state index is -0.883. The number of hydrogen-bond donors (Lipinski definition) is 2. The maximum atomic E-state index is 12.3. The first kappa shape index (κ1) is 14.2. The average molecular weight is 268 g/mol. The molecule has 1 saturated carbocycles. The highest BCUT2D eigenvalue weighted by Gasteiger charge is 2.33. The molecule has 1 aliphatic carbocycles. The van der Waals surface area contributed by atoms with Crippen LogP contribution < -0.4 is 5.32 Å². The Labute approximate surface area is 114 Å². The van der Waals surface area contributed by atoms with Crippen LogP contribution in [0.25, 0.3) is 0 Å². The molecule has 2 aliphatic rings. The van der Waals surface area contributed by atoms with Gasteiger partial charge in [0.1, 0.15) is 6.04 Å². The van der Waals surface area contributed by atoms with Crippen molar-refractivity contribution in [2.24, 2.45) is 5.92 Å². The van der Waals surface area contributed by atoms with Crippen molar-refractivity contribution in [2.75, 3.05) is 6.54 Å². The van der Waals surface area contributed by atoms with Crippen LogP contribution in [-0.4, -0.2) is 40.6 Å². The average Bonchev–Trinajstić information content (AvgIpc) is 2.41. The van der Waals surface area contributed by atoms with Crippen LogP contribution >= 0.6 is 0 Å². The van der Waals surface area contributed by atoms with Crippen molar-refractivity contribution in [3.63, 3.8) is 0 Å². The third kappa shape index (κ3) is 3.39. The van der Waals surface area contributed by atoms with Crippen molar-refractivity contribution >= 4 is 12.0 Å². The molecule has 19 heavy (non-hydrogen) atoms. The zero-order valence-corrected chi connectivity index (χ0v) is 11.6. The van der Waals surface area contributed by atoms with Gasteiger partial charge in [-0.25, -0.2) is 9.59 Å². The van der Waals surface area contributed by atoms with Crippen LogP contribution in [0, 0.1) is 5.92 Å². The Kier molecular flexibility index (Phi) is 4.66. The number of piperidine rings is 1. The number of aliphatic carboxylic acids is 1. The molecule has 2 rings (SSSR count). The number of nitrogens with one attached hydrogen (secondary N) is 1. The first-order valence-electron chi connectivity index (χ1n) is 7.39. The van der Waals surface area contributed by atoms with Crippen molar-refractivity contribution in [3.05, 3.63) is 0 Å². The van der Waals surface area contributed by atoms with Crippen LogP contribution in [0.4, 0.5) is 4.79 Å². The first-order valence-corrected chi connectivity index (χ1v) is 7.39. The number of carboxylic acids is 1. The Hall–Kier alpha value is -1.26. The lowest BCUT2D eigenvalue weighted by Crippen LogP contribution is -2.55. The smallest absolute Gasteiger partial charge is 0.326 e. The molecule has 108 valence electrons. The van der Waals surface area contributed by atoms with Gasteiger partial charge >= 0.3 is 12.0 Å². The Bertz CT molecular complexity index is 346. The summed E-state index contributed by atoms with van der Waals surface area (Å²) in [6.45, 7) is 2.72. The van der Waals surface area contributed by atoms with E-state index in [1.54, 1.807) is 0 Å². The third-order valence-electron chi connectivity index (χ3n) is 4.47. The number of hydrogen-bond acceptors (Lipinski definition) is 2. The highest BCUT2D eigenvalue weighted by Crippen LogP contribution is 2.24. The number of carbonyl (C=O) groups is 2. The Morgan fingerprint density at radius 2 is 1.79 bits per heavy atom. The lowest BCUT2D eigenvalue weighted by molar-refractivity contribution is -0.143. The van der Waals surface area contributed by atoms with Gasteiger partial charge in [0.2, 0.25) is 0 Å². The van der Waals surface area contributed by atoms with Crippen molar-refractivity contribution in [1.82, 2.24) is 10.2 Å². The summed E-state index contributed by atoms with van der Waals surface area (Å²) in [6.07, 6.45) is 6.90. The van der Waals surface area contributed by atoms with Crippen LogP contribution in [0.2, 0.25) is 0 Å². The molecule has 1 aliphatic heterocycles. The lowest BCUT2D eigenvalue weighted by Gasteiger charge is -2.36. The summed E-state index contributed by atoms with van der Waals surface area (Å²) in [5.74, 6) is -0.391. The van der Waals surface area contributed by atoms with Crippen LogP contribution in [0.1, 0.15) is 51.9 Å². The number of carboxylic acid groups (broad SMARTS) is 1. The second kappa shape index (κ2) is 6.26. The molecule has 5 heteroatoms. The first-order chi connectivity index (χ1) is 9.09. The zero-order chi connectivity index (χ0) is 13.8. The monoisotopic (exact) mass is 268 g/mol. The van der Waals surface area contributed by atoms with Gasteiger partial charge in [0.05, 0.1) is 0 Å². The second-order valence-corrected chi connectivity index (χ2v) is 5.86. The predicted octanol–water partition coefficient (Wildman–Crippen LogP) is 2.21. The molecular weight excluding hydrogens is 244 g/mol. The fourth-order valence-corrected chi connectivity index (χ4v) is 3.20. The van der Waals surface area contributed by atoms with E-state index in [0.29, 0.717) is 18.9 Å². The topological polar surface area (TPSA) is 69.6 Å². The van der Waals surface area contributed by atoms with Crippen LogP contribution in [0.5, 0.6) is 0 Å². The molecule has 2 N–H and O–H groups in total. The van der Waals surface area contributed by atoms with E-state index in [1.807, 2.05) is 0 Å². The molecule has 1 heterocycles. The summed E-state index contributed by atoms with van der Waals surface area (Å²) in [6, 6.07) is -0.629. The van der Waals surface area contributed by atoms with Gasteiger partial charge in [0.25, 0.3) is 0 Å². The SMILES string of the molecule is CC1CCCCC1NC(=O)N1CCCCC1C(=O)O. The number of carbonyl (C=O) groups excluding carboxylic acids is 1. The lowest BCUT2D eigenvalue weighted by atomic mass is 9.86. The zero-order valence-electron chi connectivity index (χ0n) is 11.6. The van der Waals surface area contributed by atoms with Gasteiger partial charge in [-0.2, -0.15) is 0 Å². The van der Waals surface area contributed by atoms with Gasteiger partial charge < -0.3 is 15.3 Å². The fraction of sp³-hybridized carbons (Fsp3) is 0.857. The van der Waals surface area contributed by atoms with Gasteiger partial charge in [0, 0.05) is 12.6 Å². The van der Waals surface area contributed by atoms with E-state index in [4.69, 9.17) is 0 Å². The van der Waals surface area contributed by atoms with Crippen molar-refractivity contribution < 1.29 is 14.7 Å². The van der Waals surface area contributed by atoms with Crippen LogP contribution in [0.15, 0.2) is 0 Å². The van der Waals surface area contributed by atoms with Crippen molar-refractivity contribution in [1.29, 1.82) is 0 Å². The number of urea groups is 1. The molecule has 3 atom stereocenters. The van der Waals surface area contributed by atoms with Gasteiger partial charge in [0.15, 0.2) is 0 Å². The fourth-order valence-electron chi connectivity index (χ4n) is 3.20. The molecule has 3 unspecified atom stereocenters. The minimum Gasteiger partial charge on any atom is -0.480 e. The number of likely N-dealkylation sites (tertiary alicyclic amines) is 1. The molecule has 2 amide bonds. The van der Waals surface area contributed by atoms with Gasteiger partial charge in [-0.05, 0) is 38.0 Å². The molecule has 1 saturated heterocycles. The minimum absolute atomic E-state index is 0.189. The largest absolute Gasteiger partial charge is 0.480 e. The van der Waals surface area contributed by atoms with Crippen molar-refractivity contribution in [3.8, 4) is 0 Å². The molecule has 0 spiro atoms. The van der Waals surface area contributed by atoms with Crippen LogP contribution in [0.3, 0.4) is 0 Å².